The maximum absolute atomic E-state index is 15.4. The molecule has 0 radical (unpaired) electrons. The summed E-state index contributed by atoms with van der Waals surface area (Å²) in [6.45, 7) is -1.20. The van der Waals surface area contributed by atoms with Crippen molar-refractivity contribution in [2.75, 3.05) is 58.4 Å². The van der Waals surface area contributed by atoms with Gasteiger partial charge in [-0.15, -0.1) is 11.8 Å². The minimum Gasteiger partial charge on any atom is -0.508 e. The Morgan fingerprint density at radius 1 is 0.537 bits per heavy atom. The fraction of sp³-hybridized carbons (Fsp3) is 0.412. The number of aryl methyl sites for hydroxylation is 1. The zero-order valence-corrected chi connectivity index (χ0v) is 69.0. The smallest absolute Gasteiger partial charge is 0.245 e. The maximum atomic E-state index is 15.4. The first-order valence-electron chi connectivity index (χ1n) is 39.5. The van der Waals surface area contributed by atoms with E-state index in [9.17, 15) is 48.6 Å². The Balaban J connectivity index is 1.20. The number of hydrogen-bond donors (Lipinski definition) is 22. The Kier molecular flexibility index (Phi) is 36.2. The fourth-order valence-corrected chi connectivity index (χ4v) is 14.3. The summed E-state index contributed by atoms with van der Waals surface area (Å²) in [6.07, 6.45) is 5.95. The van der Waals surface area contributed by atoms with E-state index in [1.807, 2.05) is 24.3 Å². The van der Waals surface area contributed by atoms with Gasteiger partial charge in [0.05, 0.1) is 55.8 Å². The van der Waals surface area contributed by atoms with E-state index in [0.29, 0.717) is 27.8 Å². The van der Waals surface area contributed by atoms with Gasteiger partial charge in [-0.2, -0.15) is 0 Å². The number of hydrogen-bond acceptors (Lipinski definition) is 22. The van der Waals surface area contributed by atoms with Gasteiger partial charge in [0.15, 0.2) is 11.9 Å². The summed E-state index contributed by atoms with van der Waals surface area (Å²) < 4.78 is 1.54. The number of phenolic OH excluding ortho intramolecular Hbond substituents is 1. The topological polar surface area (TPSA) is 643 Å². The van der Waals surface area contributed by atoms with Gasteiger partial charge in [0.25, 0.3) is 0 Å². The number of aromatic nitrogens is 6. The largest absolute Gasteiger partial charge is 0.508 e. The second kappa shape index (κ2) is 47.1. The molecule has 4 aromatic carbocycles. The van der Waals surface area contributed by atoms with Gasteiger partial charge < -0.3 is 121 Å². The molecular formula is C80H106N26O16S. The number of rotatable bonds is 25. The second-order valence-electron chi connectivity index (χ2n) is 29.2. The molecule has 25 N–H and O–H groups in total. The Hall–Kier alpha value is -14.0. The molecule has 0 aliphatic carbocycles. The van der Waals surface area contributed by atoms with Gasteiger partial charge in [0.2, 0.25) is 82.7 Å². The van der Waals surface area contributed by atoms with Crippen molar-refractivity contribution in [1.82, 2.24) is 108 Å². The molecule has 1 saturated heterocycles. The first-order valence-corrected chi connectivity index (χ1v) is 40.7. The monoisotopic (exact) mass is 1720 g/mol. The van der Waals surface area contributed by atoms with Crippen LogP contribution < -0.4 is 86.3 Å². The van der Waals surface area contributed by atoms with E-state index in [1.54, 1.807) is 62.5 Å². The number of primary amides is 1. The molecule has 123 heavy (non-hydrogen) atoms. The van der Waals surface area contributed by atoms with Crippen molar-refractivity contribution >= 4 is 117 Å². The van der Waals surface area contributed by atoms with Crippen LogP contribution in [0.1, 0.15) is 72.8 Å². The van der Waals surface area contributed by atoms with E-state index in [4.69, 9.17) is 28.0 Å². The molecule has 7 aromatic rings. The summed E-state index contributed by atoms with van der Waals surface area (Å²) in [5, 5.41) is 72.1. The summed E-state index contributed by atoms with van der Waals surface area (Å²) >= 11 is 0.821. The molecule has 43 heteroatoms. The van der Waals surface area contributed by atoms with Crippen LogP contribution in [0, 0.1) is 10.8 Å². The van der Waals surface area contributed by atoms with Crippen molar-refractivity contribution in [2.24, 2.45) is 24.2 Å². The van der Waals surface area contributed by atoms with Gasteiger partial charge in [0.1, 0.15) is 72.2 Å². The molecule has 0 bridgehead atoms. The van der Waals surface area contributed by atoms with Gasteiger partial charge in [-0.05, 0) is 71.7 Å². The van der Waals surface area contributed by atoms with Crippen LogP contribution in [-0.4, -0.2) is 269 Å². The van der Waals surface area contributed by atoms with Crippen molar-refractivity contribution in [3.63, 3.8) is 0 Å². The highest BCUT2D eigenvalue weighted by molar-refractivity contribution is 8.00. The summed E-state index contributed by atoms with van der Waals surface area (Å²) in [7, 11) is 4.16. The van der Waals surface area contributed by atoms with Crippen molar-refractivity contribution < 1.29 is 77.3 Å². The highest BCUT2D eigenvalue weighted by Gasteiger charge is 2.40. The Morgan fingerprint density at radius 2 is 1.04 bits per heavy atom. The molecule has 1 aliphatic rings. The Labute approximate surface area is 711 Å². The molecule has 4 heterocycles. The minimum absolute atomic E-state index is 0.00254. The number of H-pyrrole nitrogens is 2. The summed E-state index contributed by atoms with van der Waals surface area (Å²) in [5.74, 6) is -15.4. The summed E-state index contributed by atoms with van der Waals surface area (Å²) in [6, 6.07) is 9.15. The molecule has 658 valence electrons. The average molecular weight is 1720 g/mol. The first-order chi connectivity index (χ1) is 58.9. The molecule has 8 rings (SSSR count). The summed E-state index contributed by atoms with van der Waals surface area (Å²) in [5.41, 5.74) is 19.0. The number of amides is 14. The number of carbonyl (C=O) groups is 14. The third-order valence-corrected chi connectivity index (χ3v) is 21.1. The molecule has 1 aliphatic heterocycles. The molecule has 0 unspecified atom stereocenters. The lowest BCUT2D eigenvalue weighted by Gasteiger charge is -2.33. The number of phenols is 1. The predicted octanol–water partition coefficient (Wildman–Crippen LogP) is -5.11. The molecule has 11 atom stereocenters. The van der Waals surface area contributed by atoms with Crippen LogP contribution >= 0.6 is 11.8 Å². The van der Waals surface area contributed by atoms with Crippen LogP contribution in [0.25, 0.3) is 10.8 Å². The lowest BCUT2D eigenvalue weighted by Crippen LogP contribution is -2.61. The number of likely N-dealkylation sites (N-methyl/N-ethyl adjacent to an activating group) is 2. The van der Waals surface area contributed by atoms with Gasteiger partial charge in [-0.25, -0.2) is 15.0 Å². The third-order valence-electron chi connectivity index (χ3n) is 20.1. The molecule has 1 fully saturated rings. The number of aromatic amines is 2. The Bertz CT molecular complexity index is 4820. The molecule has 0 saturated carbocycles. The zero-order valence-electron chi connectivity index (χ0n) is 68.2. The number of imidazole rings is 3. The van der Waals surface area contributed by atoms with E-state index in [1.165, 1.54) is 80.5 Å². The highest BCUT2D eigenvalue weighted by atomic mass is 32.2. The number of aliphatic hydroxyl groups excluding tert-OH is 1. The highest BCUT2D eigenvalue weighted by Crippen LogP contribution is 2.23. The molecule has 0 spiro atoms. The molecule has 42 nitrogen and oxygen atoms in total. The molecule has 3 aromatic heterocycles. The van der Waals surface area contributed by atoms with Gasteiger partial charge >= 0.3 is 0 Å². The van der Waals surface area contributed by atoms with Gasteiger partial charge in [-0.1, -0.05) is 91.9 Å². The average Bonchev–Trinajstić information content (AvgIpc) is 1.02. The predicted molar refractivity (Wildman–Crippen MR) is 450 cm³/mol. The van der Waals surface area contributed by atoms with Crippen LogP contribution in [0.4, 0.5) is 0 Å². The third kappa shape index (κ3) is 29.4. The second-order valence-corrected chi connectivity index (χ2v) is 30.2. The maximum Gasteiger partial charge on any atom is 0.245 e. The normalized spacial score (nSPS) is 21.7. The van der Waals surface area contributed by atoms with E-state index in [2.05, 4.69) is 94.0 Å². The van der Waals surface area contributed by atoms with Crippen molar-refractivity contribution in [3.05, 3.63) is 168 Å². The zero-order chi connectivity index (χ0) is 89.2. The van der Waals surface area contributed by atoms with Crippen LogP contribution in [-0.2, 0) is 113 Å². The number of aliphatic hydroxyl groups is 1. The van der Waals surface area contributed by atoms with Crippen molar-refractivity contribution in [3.8, 4) is 5.75 Å². The number of benzene rings is 4. The van der Waals surface area contributed by atoms with Gasteiger partial charge in [0, 0.05) is 103 Å². The SMILES string of the molecule is CC[C@@H]1NC(=O)[C@H](Cc2ccccc2)N(C)C(=O)CSC[C@@H](C(=O)NCC(N)=O)NC(=O)[C@H](Cc2cncn2C)NC(=O)[C@H](CCCNC(=N)N)NC(=O)[C@H](Cc2c[nH]cn2)NC(=O)[C@H](Cc2ccc(O)cc2)N(C)C(=O)[C@H](CCCNC(=N)N)NC(=O)[C@H](CO)NC(=O)CNC(=O)[C@H](Cc2c[nH]cn2)NC(=O)[C@H](Cc2cccc3ccccc23)NC1=O. The van der Waals surface area contributed by atoms with Crippen LogP contribution in [0.2, 0.25) is 0 Å². The standard InChI is InChI=1S/C80H106N26O16S/c1-5-54-70(114)99-57(30-48-18-11-17-47-16-9-10-19-53(47)48)72(116)100-58(31-49-34-86-42-93-49)68(112)92-38-66(110)95-61(39-107)75(119)98-56(21-13-27-90-80(84)85)78(122)106(4)64(29-46-22-24-52(108)25-23-46)77(121)102-59(32-50-35-87-43-94-50)73(117)97-55(20-12-26-89-79(82)83)71(115)101-60(33-51-36-88-44-104(51)2)74(118)103-62(69(113)91-37-65(81)109)40-123-41-67(111)105(3)63(76(120)96-54)28-45-14-7-6-8-15-45/h6-11,14-19,22-25,34-36,42-44,54-64,107-108H,5,12-13,20-21,26-33,37-41H2,1-4H3,(H2,81,109)(H,86,93)(H,87,94)(H,91,113)(H,92,112)(H,95,110)(H,96,120)(H,97,117)(H,98,119)(H,99,114)(H,100,116)(H,101,115)(H,102,121)(H,103,118)(H4,82,83,89)(H4,84,85,90)/t54-,55-,56-,57-,58-,59-,60-,61-,62-,63-,64-/m0/s1. The van der Waals surface area contributed by atoms with E-state index >= 15 is 28.8 Å². The fourth-order valence-electron chi connectivity index (χ4n) is 13.3. The van der Waals surface area contributed by atoms with Crippen molar-refractivity contribution in [1.29, 1.82) is 10.8 Å². The minimum atomic E-state index is -1.85. The lowest BCUT2D eigenvalue weighted by atomic mass is 9.97. The number of carbonyl (C=O) groups excluding carboxylic acids is 14. The molecular weight excluding hydrogens is 1610 g/mol. The number of fused-ring (bicyclic) bond motifs is 1. The van der Waals surface area contributed by atoms with E-state index in [-0.39, 0.29) is 94.4 Å². The number of nitrogens with two attached hydrogens (primary N) is 3. The quantitative estimate of drug-likeness (QED) is 0.0145. The first kappa shape index (κ1) is 94.5. The molecule has 14 amide bonds. The number of aromatic hydroxyl groups is 1. The van der Waals surface area contributed by atoms with E-state index in [0.717, 1.165) is 26.9 Å². The lowest BCUT2D eigenvalue weighted by molar-refractivity contribution is -0.143. The summed E-state index contributed by atoms with van der Waals surface area (Å²) in [4.78, 5) is 226. The number of guanidine groups is 2. The van der Waals surface area contributed by atoms with Crippen LogP contribution in [0.5, 0.6) is 5.75 Å². The van der Waals surface area contributed by atoms with Crippen LogP contribution in [0.15, 0.2) is 135 Å². The van der Waals surface area contributed by atoms with Gasteiger partial charge in [-0.3, -0.25) is 77.9 Å². The number of nitrogens with zero attached hydrogens (tertiary/aromatic N) is 6. The number of thioether (sulfide) groups is 1. The van der Waals surface area contributed by atoms with E-state index < -0.39 is 199 Å². The van der Waals surface area contributed by atoms with Crippen molar-refractivity contribution in [2.45, 2.75) is 144 Å². The van der Waals surface area contributed by atoms with Crippen LogP contribution in [0.3, 0.4) is 0 Å². The Morgan fingerprint density at radius 3 is 1.62 bits per heavy atom. The number of nitrogens with one attached hydrogen (secondary N) is 17.